The van der Waals surface area contributed by atoms with Gasteiger partial charge in [-0.3, -0.25) is 0 Å². The first-order valence-electron chi connectivity index (χ1n) is 6.50. The van der Waals surface area contributed by atoms with Crippen LogP contribution in [0.4, 0.5) is 0 Å². The molecule has 0 saturated heterocycles. The minimum atomic E-state index is -0.214. The van der Waals surface area contributed by atoms with Crippen molar-refractivity contribution in [2.45, 2.75) is 0 Å². The Bertz CT molecular complexity index is 599. The zero-order valence-corrected chi connectivity index (χ0v) is 11.2. The van der Waals surface area contributed by atoms with E-state index in [0.29, 0.717) is 6.61 Å². The third-order valence-electron chi connectivity index (χ3n) is 3.23. The quantitative estimate of drug-likeness (QED) is 0.854. The van der Waals surface area contributed by atoms with Crippen LogP contribution in [0.2, 0.25) is 0 Å². The normalized spacial score (nSPS) is 14.4. The fourth-order valence-corrected chi connectivity index (χ4v) is 2.10. The van der Waals surface area contributed by atoms with Crippen LogP contribution in [0.3, 0.4) is 0 Å². The lowest BCUT2D eigenvalue weighted by atomic mass is 9.74. The number of methoxy groups -OCH3 is 1. The summed E-state index contributed by atoms with van der Waals surface area (Å²) < 4.78 is 11.0. The minimum Gasteiger partial charge on any atom is -0.497 e. The summed E-state index contributed by atoms with van der Waals surface area (Å²) >= 11 is 0. The van der Waals surface area contributed by atoms with Gasteiger partial charge in [-0.25, -0.2) is 0 Å². The third-order valence-corrected chi connectivity index (χ3v) is 3.23. The molecular formula is C15H15BN2O2. The Labute approximate surface area is 118 Å². The lowest BCUT2D eigenvalue weighted by Gasteiger charge is -2.20. The molecule has 0 bridgehead atoms. The molecular weight excluding hydrogens is 251 g/mol. The van der Waals surface area contributed by atoms with Gasteiger partial charge >= 0.3 is 7.05 Å². The molecule has 0 spiro atoms. The Kier molecular flexibility index (Phi) is 3.70. The summed E-state index contributed by atoms with van der Waals surface area (Å²) in [5.74, 6) is 0.832. The van der Waals surface area contributed by atoms with Crippen molar-refractivity contribution >= 4 is 18.2 Å². The molecule has 0 aromatic heterocycles. The molecule has 0 unspecified atom stereocenters. The Morgan fingerprint density at radius 2 is 1.85 bits per heavy atom. The van der Waals surface area contributed by atoms with Crippen molar-refractivity contribution in [3.05, 3.63) is 60.2 Å². The summed E-state index contributed by atoms with van der Waals surface area (Å²) in [6.07, 6.45) is 0. The van der Waals surface area contributed by atoms with Crippen LogP contribution in [0.15, 0.2) is 59.7 Å². The highest BCUT2D eigenvalue weighted by molar-refractivity contribution is 6.65. The van der Waals surface area contributed by atoms with E-state index in [0.717, 1.165) is 22.5 Å². The first-order valence-corrected chi connectivity index (χ1v) is 6.50. The van der Waals surface area contributed by atoms with E-state index >= 15 is 0 Å². The predicted molar refractivity (Wildman–Crippen MR) is 80.4 cm³/mol. The van der Waals surface area contributed by atoms with Crippen molar-refractivity contribution < 1.29 is 9.39 Å². The van der Waals surface area contributed by atoms with Gasteiger partial charge in [0.1, 0.15) is 5.75 Å². The zero-order valence-electron chi connectivity index (χ0n) is 11.2. The molecule has 0 atom stereocenters. The van der Waals surface area contributed by atoms with Gasteiger partial charge in [-0.1, -0.05) is 42.5 Å². The zero-order chi connectivity index (χ0) is 13.8. The van der Waals surface area contributed by atoms with Crippen molar-refractivity contribution in [1.82, 2.24) is 5.34 Å². The Morgan fingerprint density at radius 3 is 2.45 bits per heavy atom. The van der Waals surface area contributed by atoms with E-state index in [1.165, 1.54) is 0 Å². The van der Waals surface area contributed by atoms with Gasteiger partial charge in [0.15, 0.2) is 0 Å². The van der Waals surface area contributed by atoms with Crippen LogP contribution < -0.4 is 15.5 Å². The maximum Gasteiger partial charge on any atom is 0.466 e. The minimum absolute atomic E-state index is 0.214. The molecule has 0 saturated carbocycles. The van der Waals surface area contributed by atoms with Crippen molar-refractivity contribution in [2.24, 2.45) is 5.10 Å². The number of nitrogens with zero attached hydrogens (tertiary/aromatic N) is 1. The molecule has 0 fully saturated rings. The second kappa shape index (κ2) is 5.80. The number of hydrogen-bond acceptors (Lipinski definition) is 4. The number of rotatable bonds is 3. The average Bonchev–Trinajstić information content (AvgIpc) is 2.56. The molecule has 0 aliphatic carbocycles. The monoisotopic (exact) mass is 266 g/mol. The Balaban J connectivity index is 1.72. The lowest BCUT2D eigenvalue weighted by Crippen LogP contribution is -2.49. The van der Waals surface area contributed by atoms with Crippen LogP contribution in [-0.4, -0.2) is 26.5 Å². The highest BCUT2D eigenvalue weighted by Gasteiger charge is 2.24. The van der Waals surface area contributed by atoms with Gasteiger partial charge in [0.05, 0.1) is 19.4 Å². The van der Waals surface area contributed by atoms with Crippen LogP contribution in [-0.2, 0) is 4.65 Å². The van der Waals surface area contributed by atoms with Crippen LogP contribution in [0.5, 0.6) is 5.75 Å². The molecule has 1 aliphatic heterocycles. The first kappa shape index (κ1) is 12.8. The van der Waals surface area contributed by atoms with Gasteiger partial charge in [-0.15, -0.1) is 0 Å². The van der Waals surface area contributed by atoms with Crippen molar-refractivity contribution in [3.8, 4) is 5.75 Å². The summed E-state index contributed by atoms with van der Waals surface area (Å²) in [4.78, 5) is 0. The average molecular weight is 266 g/mol. The van der Waals surface area contributed by atoms with Gasteiger partial charge in [-0.05, 0) is 23.2 Å². The summed E-state index contributed by atoms with van der Waals surface area (Å²) in [6.45, 7) is 0.494. The second-order valence-electron chi connectivity index (χ2n) is 4.52. The van der Waals surface area contributed by atoms with Crippen molar-refractivity contribution in [3.63, 3.8) is 0 Å². The van der Waals surface area contributed by atoms with E-state index in [9.17, 15) is 0 Å². The molecule has 0 amide bonds. The van der Waals surface area contributed by atoms with Gasteiger partial charge in [-0.2, -0.15) is 5.10 Å². The van der Waals surface area contributed by atoms with Gasteiger partial charge < -0.3 is 14.7 Å². The fourth-order valence-electron chi connectivity index (χ4n) is 2.10. The van der Waals surface area contributed by atoms with Crippen LogP contribution >= 0.6 is 0 Å². The van der Waals surface area contributed by atoms with Crippen LogP contribution in [0.1, 0.15) is 5.56 Å². The van der Waals surface area contributed by atoms with E-state index in [1.54, 1.807) is 7.11 Å². The molecule has 100 valence electrons. The molecule has 20 heavy (non-hydrogen) atoms. The summed E-state index contributed by atoms with van der Waals surface area (Å²) in [5, 5.41) is 7.46. The highest BCUT2D eigenvalue weighted by atomic mass is 16.5. The van der Waals surface area contributed by atoms with E-state index in [1.807, 2.05) is 54.6 Å². The van der Waals surface area contributed by atoms with E-state index in [4.69, 9.17) is 9.39 Å². The molecule has 1 aliphatic rings. The van der Waals surface area contributed by atoms with Gasteiger partial charge in [0.2, 0.25) is 0 Å². The molecule has 3 rings (SSSR count). The van der Waals surface area contributed by atoms with Crippen LogP contribution in [0, 0.1) is 0 Å². The highest BCUT2D eigenvalue weighted by Crippen LogP contribution is 2.08. The first-order chi connectivity index (χ1) is 9.86. The molecule has 2 aromatic rings. The molecule has 1 heterocycles. The second-order valence-corrected chi connectivity index (χ2v) is 4.52. The largest absolute Gasteiger partial charge is 0.497 e. The van der Waals surface area contributed by atoms with E-state index in [-0.39, 0.29) is 7.05 Å². The van der Waals surface area contributed by atoms with Crippen LogP contribution in [0.25, 0.3) is 0 Å². The Hall–Kier alpha value is -2.27. The summed E-state index contributed by atoms with van der Waals surface area (Å²) in [5.41, 5.74) is 3.02. The number of hydrogen-bond donors (Lipinski definition) is 1. The fraction of sp³-hybridized carbons (Fsp3) is 0.133. The van der Waals surface area contributed by atoms with Gasteiger partial charge in [0.25, 0.3) is 0 Å². The number of nitrogens with one attached hydrogen (secondary N) is 1. The molecule has 4 nitrogen and oxygen atoms in total. The topological polar surface area (TPSA) is 42.8 Å². The van der Waals surface area contributed by atoms with Crippen molar-refractivity contribution in [2.75, 3.05) is 13.7 Å². The van der Waals surface area contributed by atoms with E-state index in [2.05, 4.69) is 10.4 Å². The maximum atomic E-state index is 5.82. The Morgan fingerprint density at radius 1 is 1.10 bits per heavy atom. The number of hydrazone groups is 1. The van der Waals surface area contributed by atoms with Crippen molar-refractivity contribution in [1.29, 1.82) is 0 Å². The predicted octanol–water partition coefficient (Wildman–Crippen LogP) is 1.41. The number of ether oxygens (including phenoxy) is 1. The summed E-state index contributed by atoms with van der Waals surface area (Å²) in [7, 11) is 1.44. The molecule has 0 radical (unpaired) electrons. The van der Waals surface area contributed by atoms with Gasteiger partial charge in [0, 0.05) is 0 Å². The maximum absolute atomic E-state index is 5.82. The molecule has 1 N–H and O–H groups in total. The third kappa shape index (κ3) is 2.68. The standard InChI is InChI=1S/C15H15BN2O2/c1-19-14-9-7-13(8-10-14)16-18-17-15(11-20-16)12-5-3-2-4-6-12/h2-10,18H,11H2,1H3. The van der Waals surface area contributed by atoms with E-state index < -0.39 is 0 Å². The number of benzene rings is 2. The summed E-state index contributed by atoms with van der Waals surface area (Å²) in [6, 6.07) is 17.8. The molecule has 2 aromatic carbocycles. The molecule has 5 heteroatoms. The smallest absolute Gasteiger partial charge is 0.466 e. The SMILES string of the molecule is COc1ccc(B2NN=C(c3ccccc3)CO2)cc1. The lowest BCUT2D eigenvalue weighted by molar-refractivity contribution is 0.368.